The largest absolute Gasteiger partial charge is 0.455 e. The molecule has 0 aliphatic carbocycles. The molecule has 0 radical (unpaired) electrons. The van der Waals surface area contributed by atoms with E-state index in [2.05, 4.69) is 5.32 Å². The maximum atomic E-state index is 13.2. The first kappa shape index (κ1) is 28.0. The molecule has 5 aromatic rings. The van der Waals surface area contributed by atoms with Crippen molar-refractivity contribution in [3.63, 3.8) is 0 Å². The lowest BCUT2D eigenvalue weighted by atomic mass is 10.0. The average molecular weight is 584 g/mol. The van der Waals surface area contributed by atoms with E-state index in [1.807, 2.05) is 10.8 Å². The van der Waals surface area contributed by atoms with Crippen LogP contribution in [0, 0.1) is 15.9 Å². The molecule has 0 unspecified atom stereocenters. The number of nitrogens with zero attached hydrogens (tertiary/aromatic N) is 1. The van der Waals surface area contributed by atoms with Crippen molar-refractivity contribution in [1.82, 2.24) is 4.72 Å². The SMILES string of the molecule is O=C(NS(=O)(=O)c1ccc(Nc2ccccc2Oc2ccccc2)c([N+](=O)[O-])c1)c1ccc(-c2ccc(F)cc2)cc1. The van der Waals surface area contributed by atoms with Crippen LogP contribution in [-0.2, 0) is 10.0 Å². The van der Waals surface area contributed by atoms with Gasteiger partial charge in [0.2, 0.25) is 0 Å². The number of carbonyl (C=O) groups is 1. The van der Waals surface area contributed by atoms with Gasteiger partial charge in [0, 0.05) is 11.6 Å². The second-order valence-corrected chi connectivity index (χ2v) is 10.7. The number of carbonyl (C=O) groups excluding carboxylic acids is 1. The smallest absolute Gasteiger partial charge is 0.294 e. The van der Waals surface area contributed by atoms with Crippen molar-refractivity contribution in [2.24, 2.45) is 0 Å². The van der Waals surface area contributed by atoms with E-state index in [0.29, 0.717) is 28.3 Å². The van der Waals surface area contributed by atoms with E-state index in [4.69, 9.17) is 4.74 Å². The number of para-hydroxylation sites is 3. The summed E-state index contributed by atoms with van der Waals surface area (Å²) >= 11 is 0. The Morgan fingerprint density at radius 3 is 2.05 bits per heavy atom. The highest BCUT2D eigenvalue weighted by atomic mass is 32.2. The molecule has 0 aliphatic rings. The molecule has 0 saturated heterocycles. The van der Waals surface area contributed by atoms with Crippen LogP contribution in [0.1, 0.15) is 10.4 Å². The Morgan fingerprint density at radius 2 is 1.38 bits per heavy atom. The van der Waals surface area contributed by atoms with Gasteiger partial charge < -0.3 is 10.1 Å². The lowest BCUT2D eigenvalue weighted by molar-refractivity contribution is -0.384. The van der Waals surface area contributed by atoms with Crippen LogP contribution >= 0.6 is 0 Å². The standard InChI is InChI=1S/C31H22FN3O6S/c32-24-16-14-22(15-17-24)21-10-12-23(13-11-21)31(36)34-42(39,40)26-18-19-27(29(20-26)35(37)38)33-28-8-4-5-9-30(28)41-25-6-2-1-3-7-25/h1-20,33H,(H,34,36). The third kappa shape index (κ3) is 6.43. The molecule has 0 spiro atoms. The average Bonchev–Trinajstić information content (AvgIpc) is 2.99. The zero-order chi connectivity index (χ0) is 29.7. The number of ether oxygens (including phenoxy) is 1. The summed E-state index contributed by atoms with van der Waals surface area (Å²) in [6, 6.07) is 30.8. The van der Waals surface area contributed by atoms with E-state index < -0.39 is 31.4 Å². The normalized spacial score (nSPS) is 11.0. The number of nitrogens with one attached hydrogen (secondary N) is 2. The number of benzene rings is 5. The monoisotopic (exact) mass is 583 g/mol. The summed E-state index contributed by atoms with van der Waals surface area (Å²) in [5, 5.41) is 14.8. The Hall–Kier alpha value is -5.55. The van der Waals surface area contributed by atoms with Gasteiger partial charge >= 0.3 is 0 Å². The summed E-state index contributed by atoms with van der Waals surface area (Å²) < 4.78 is 47.0. The Labute approximate surface area is 240 Å². The lowest BCUT2D eigenvalue weighted by Gasteiger charge is -2.14. The van der Waals surface area contributed by atoms with Crippen LogP contribution in [0.15, 0.2) is 126 Å². The van der Waals surface area contributed by atoms with Gasteiger partial charge in [0.25, 0.3) is 21.6 Å². The lowest BCUT2D eigenvalue weighted by Crippen LogP contribution is -2.30. The van der Waals surface area contributed by atoms with E-state index in [1.54, 1.807) is 72.8 Å². The van der Waals surface area contributed by atoms with Crippen molar-refractivity contribution in [2.45, 2.75) is 4.90 Å². The highest BCUT2D eigenvalue weighted by molar-refractivity contribution is 7.90. The fourth-order valence-electron chi connectivity index (χ4n) is 4.05. The van der Waals surface area contributed by atoms with Gasteiger partial charge in [0.1, 0.15) is 17.3 Å². The molecule has 42 heavy (non-hydrogen) atoms. The highest BCUT2D eigenvalue weighted by Crippen LogP contribution is 2.35. The van der Waals surface area contributed by atoms with Gasteiger partial charge in [-0.2, -0.15) is 0 Å². The van der Waals surface area contributed by atoms with Crippen molar-refractivity contribution in [3.05, 3.63) is 143 Å². The predicted octanol–water partition coefficient (Wildman–Crippen LogP) is 7.06. The molecule has 0 aromatic heterocycles. The first-order chi connectivity index (χ1) is 20.2. The van der Waals surface area contributed by atoms with E-state index >= 15 is 0 Å². The summed E-state index contributed by atoms with van der Waals surface area (Å²) in [6.07, 6.45) is 0. The number of nitro groups is 1. The van der Waals surface area contributed by atoms with Crippen LogP contribution in [0.2, 0.25) is 0 Å². The first-order valence-electron chi connectivity index (χ1n) is 12.5. The number of hydrogen-bond acceptors (Lipinski definition) is 7. The topological polar surface area (TPSA) is 128 Å². The van der Waals surface area contributed by atoms with Gasteiger partial charge in [-0.05, 0) is 71.8 Å². The van der Waals surface area contributed by atoms with Gasteiger partial charge in [-0.1, -0.05) is 54.6 Å². The van der Waals surface area contributed by atoms with Crippen molar-refractivity contribution >= 4 is 33.0 Å². The summed E-state index contributed by atoms with van der Waals surface area (Å²) in [4.78, 5) is 23.5. The van der Waals surface area contributed by atoms with Crippen LogP contribution in [0.25, 0.3) is 11.1 Å². The Balaban J connectivity index is 1.35. The van der Waals surface area contributed by atoms with Crippen LogP contribution in [-0.4, -0.2) is 19.2 Å². The highest BCUT2D eigenvalue weighted by Gasteiger charge is 2.24. The maximum Gasteiger partial charge on any atom is 0.294 e. The van der Waals surface area contributed by atoms with Gasteiger partial charge in [0.15, 0.2) is 5.75 Å². The van der Waals surface area contributed by atoms with Crippen LogP contribution in [0.3, 0.4) is 0 Å². The maximum absolute atomic E-state index is 13.2. The summed E-state index contributed by atoms with van der Waals surface area (Å²) in [7, 11) is -4.47. The van der Waals surface area contributed by atoms with Crippen molar-refractivity contribution in [1.29, 1.82) is 0 Å². The molecular formula is C31H22FN3O6S. The van der Waals surface area contributed by atoms with Crippen LogP contribution in [0.4, 0.5) is 21.5 Å². The van der Waals surface area contributed by atoms with E-state index in [9.17, 15) is 27.7 Å². The van der Waals surface area contributed by atoms with Crippen molar-refractivity contribution < 1.29 is 27.3 Å². The zero-order valence-electron chi connectivity index (χ0n) is 21.7. The van der Waals surface area contributed by atoms with Gasteiger partial charge in [-0.15, -0.1) is 0 Å². The summed E-state index contributed by atoms with van der Waals surface area (Å²) in [5.74, 6) is -0.348. The third-order valence-corrected chi connectivity index (χ3v) is 7.48. The number of amides is 1. The molecule has 5 aromatic carbocycles. The number of nitro benzene ring substituents is 1. The molecule has 0 bridgehead atoms. The fourth-order valence-corrected chi connectivity index (χ4v) is 5.04. The van der Waals surface area contributed by atoms with E-state index in [-0.39, 0.29) is 17.1 Å². The zero-order valence-corrected chi connectivity index (χ0v) is 22.5. The van der Waals surface area contributed by atoms with E-state index in [0.717, 1.165) is 12.1 Å². The summed E-state index contributed by atoms with van der Waals surface area (Å²) in [6.45, 7) is 0. The molecule has 1 amide bonds. The Kier molecular flexibility index (Phi) is 7.93. The minimum absolute atomic E-state index is 0.0192. The van der Waals surface area contributed by atoms with Crippen molar-refractivity contribution in [2.75, 3.05) is 5.32 Å². The quantitative estimate of drug-likeness (QED) is 0.140. The fraction of sp³-hybridized carbons (Fsp3) is 0. The van der Waals surface area contributed by atoms with Gasteiger partial charge in [-0.3, -0.25) is 14.9 Å². The second kappa shape index (κ2) is 11.9. The predicted molar refractivity (Wildman–Crippen MR) is 156 cm³/mol. The first-order valence-corrected chi connectivity index (χ1v) is 14.0. The van der Waals surface area contributed by atoms with Gasteiger partial charge in [0.05, 0.1) is 15.5 Å². The summed E-state index contributed by atoms with van der Waals surface area (Å²) in [5.41, 5.74) is 1.37. The number of sulfonamides is 1. The number of hydrogen-bond donors (Lipinski definition) is 2. The van der Waals surface area contributed by atoms with E-state index in [1.165, 1.54) is 30.3 Å². The molecule has 2 N–H and O–H groups in total. The minimum Gasteiger partial charge on any atom is -0.455 e. The molecule has 11 heteroatoms. The number of anilines is 2. The minimum atomic E-state index is -4.47. The molecule has 9 nitrogen and oxygen atoms in total. The Morgan fingerprint density at radius 1 is 0.762 bits per heavy atom. The molecular weight excluding hydrogens is 561 g/mol. The second-order valence-electron chi connectivity index (χ2n) is 8.99. The molecule has 0 heterocycles. The number of halogens is 1. The number of rotatable bonds is 9. The molecule has 0 aliphatic heterocycles. The molecule has 0 atom stereocenters. The van der Waals surface area contributed by atoms with Crippen LogP contribution in [0.5, 0.6) is 11.5 Å². The third-order valence-electron chi connectivity index (χ3n) is 6.16. The molecule has 210 valence electrons. The van der Waals surface area contributed by atoms with Crippen molar-refractivity contribution in [3.8, 4) is 22.6 Å². The Bertz CT molecular complexity index is 1860. The van der Waals surface area contributed by atoms with Crippen LogP contribution < -0.4 is 14.8 Å². The molecule has 0 fully saturated rings. The van der Waals surface area contributed by atoms with Gasteiger partial charge in [-0.25, -0.2) is 17.5 Å². The molecule has 5 rings (SSSR count). The molecule has 0 saturated carbocycles.